The van der Waals surface area contributed by atoms with E-state index in [1.54, 1.807) is 0 Å². The van der Waals surface area contributed by atoms with Crippen molar-refractivity contribution in [2.75, 3.05) is 40.3 Å². The van der Waals surface area contributed by atoms with Crippen molar-refractivity contribution in [3.05, 3.63) is 0 Å². The summed E-state index contributed by atoms with van der Waals surface area (Å²) in [5.74, 6) is 0.772. The third-order valence-corrected chi connectivity index (χ3v) is 2.75. The summed E-state index contributed by atoms with van der Waals surface area (Å²) in [6.45, 7) is 14.0. The van der Waals surface area contributed by atoms with E-state index in [4.69, 9.17) is 0 Å². The molecule has 0 aromatic carbocycles. The molecule has 0 aliphatic carbocycles. The van der Waals surface area contributed by atoms with E-state index in [0.717, 1.165) is 26.2 Å². The number of carbonyl (C=O) groups is 1. The summed E-state index contributed by atoms with van der Waals surface area (Å²) >= 11 is 0. The van der Waals surface area contributed by atoms with Crippen LogP contribution in [0.1, 0.15) is 41.0 Å². The van der Waals surface area contributed by atoms with Crippen LogP contribution in [0.25, 0.3) is 0 Å². The molecule has 0 aliphatic rings. The van der Waals surface area contributed by atoms with Crippen molar-refractivity contribution in [2.24, 2.45) is 5.92 Å². The first-order valence-electron chi connectivity index (χ1n) is 7.29. The van der Waals surface area contributed by atoms with Crippen LogP contribution in [0.3, 0.4) is 0 Å². The molecule has 4 nitrogen and oxygen atoms in total. The molecule has 0 heterocycles. The van der Waals surface area contributed by atoms with Gasteiger partial charge in [-0.1, -0.05) is 13.8 Å². The zero-order valence-corrected chi connectivity index (χ0v) is 13.9. The zero-order valence-electron chi connectivity index (χ0n) is 13.9. The first-order chi connectivity index (χ1) is 8.61. The molecule has 0 spiro atoms. The van der Waals surface area contributed by atoms with Gasteiger partial charge in [-0.2, -0.15) is 0 Å². The Morgan fingerprint density at radius 3 is 2.16 bits per heavy atom. The molecule has 0 aliphatic heterocycles. The molecule has 4 heteroatoms. The van der Waals surface area contributed by atoms with Gasteiger partial charge < -0.3 is 15.1 Å². The Morgan fingerprint density at radius 2 is 1.74 bits per heavy atom. The van der Waals surface area contributed by atoms with Gasteiger partial charge in [-0.05, 0) is 40.8 Å². The van der Waals surface area contributed by atoms with Gasteiger partial charge in [-0.15, -0.1) is 0 Å². The fourth-order valence-corrected chi connectivity index (χ4v) is 1.78. The van der Waals surface area contributed by atoms with Crippen LogP contribution >= 0.6 is 0 Å². The van der Waals surface area contributed by atoms with Gasteiger partial charge in [0.1, 0.15) is 0 Å². The second-order valence-corrected chi connectivity index (χ2v) is 6.96. The molecule has 0 fully saturated rings. The number of hydrogen-bond acceptors (Lipinski definition) is 3. The highest BCUT2D eigenvalue weighted by Gasteiger charge is 2.16. The van der Waals surface area contributed by atoms with Crippen LogP contribution in [-0.4, -0.2) is 61.5 Å². The first-order valence-corrected chi connectivity index (χ1v) is 7.29. The van der Waals surface area contributed by atoms with Gasteiger partial charge in [-0.3, -0.25) is 4.79 Å². The van der Waals surface area contributed by atoms with Crippen molar-refractivity contribution < 1.29 is 4.79 Å². The van der Waals surface area contributed by atoms with Gasteiger partial charge in [0, 0.05) is 38.1 Å². The van der Waals surface area contributed by atoms with E-state index in [9.17, 15) is 4.79 Å². The second-order valence-electron chi connectivity index (χ2n) is 6.96. The Labute approximate surface area is 119 Å². The van der Waals surface area contributed by atoms with Crippen molar-refractivity contribution in [1.82, 2.24) is 15.1 Å². The predicted octanol–water partition coefficient (Wildman–Crippen LogP) is 1.81. The van der Waals surface area contributed by atoms with Crippen molar-refractivity contribution >= 4 is 5.91 Å². The summed E-state index contributed by atoms with van der Waals surface area (Å²) in [6.07, 6.45) is 0.581. The van der Waals surface area contributed by atoms with E-state index >= 15 is 0 Å². The zero-order chi connectivity index (χ0) is 15.1. The summed E-state index contributed by atoms with van der Waals surface area (Å²) in [5, 5.41) is 3.37. The minimum Gasteiger partial charge on any atom is -0.341 e. The normalized spacial score (nSPS) is 12.3. The van der Waals surface area contributed by atoms with Crippen molar-refractivity contribution in [2.45, 2.75) is 46.6 Å². The van der Waals surface area contributed by atoms with Gasteiger partial charge in [-0.25, -0.2) is 0 Å². The second kappa shape index (κ2) is 8.54. The maximum atomic E-state index is 12.2. The topological polar surface area (TPSA) is 35.6 Å². The lowest BCUT2D eigenvalue weighted by Crippen LogP contribution is -2.42. The van der Waals surface area contributed by atoms with Crippen LogP contribution in [0.5, 0.6) is 0 Å². The molecule has 0 atom stereocenters. The average molecular weight is 271 g/mol. The van der Waals surface area contributed by atoms with E-state index in [1.807, 2.05) is 19.0 Å². The molecule has 0 aromatic heterocycles. The van der Waals surface area contributed by atoms with E-state index < -0.39 is 0 Å². The Balaban J connectivity index is 4.21. The Kier molecular flexibility index (Phi) is 8.26. The van der Waals surface area contributed by atoms with Crippen molar-refractivity contribution in [1.29, 1.82) is 0 Å². The monoisotopic (exact) mass is 271 g/mol. The minimum absolute atomic E-state index is 0.0762. The molecule has 0 bridgehead atoms. The molecule has 0 radical (unpaired) electrons. The summed E-state index contributed by atoms with van der Waals surface area (Å²) in [7, 11) is 4.08. The number of hydrogen-bond donors (Lipinski definition) is 1. The van der Waals surface area contributed by atoms with Gasteiger partial charge in [0.15, 0.2) is 0 Å². The summed E-state index contributed by atoms with van der Waals surface area (Å²) < 4.78 is 0. The summed E-state index contributed by atoms with van der Waals surface area (Å²) in [5.41, 5.74) is 0.0762. The molecular formula is C15H33N3O. The quantitative estimate of drug-likeness (QED) is 0.731. The third kappa shape index (κ3) is 11.0. The van der Waals surface area contributed by atoms with E-state index in [2.05, 4.69) is 44.8 Å². The Hall–Kier alpha value is -0.610. The summed E-state index contributed by atoms with van der Waals surface area (Å²) in [4.78, 5) is 16.4. The Bertz CT molecular complexity index is 257. The molecule has 1 N–H and O–H groups in total. The maximum absolute atomic E-state index is 12.2. The van der Waals surface area contributed by atoms with Crippen molar-refractivity contribution in [3.63, 3.8) is 0 Å². The van der Waals surface area contributed by atoms with E-state index in [-0.39, 0.29) is 11.4 Å². The Morgan fingerprint density at radius 1 is 1.16 bits per heavy atom. The standard InChI is InChI=1S/C15H33N3O/c1-13(2)12-18(11-10-17(6)7)14(19)8-9-16-15(3,4)5/h13,16H,8-12H2,1-7H3. The predicted molar refractivity (Wildman–Crippen MR) is 82.3 cm³/mol. The molecular weight excluding hydrogens is 238 g/mol. The fourth-order valence-electron chi connectivity index (χ4n) is 1.78. The van der Waals surface area contributed by atoms with E-state index in [1.165, 1.54) is 0 Å². The maximum Gasteiger partial charge on any atom is 0.223 e. The first kappa shape index (κ1) is 18.4. The van der Waals surface area contributed by atoms with Crippen LogP contribution in [0.15, 0.2) is 0 Å². The molecule has 0 saturated heterocycles. The van der Waals surface area contributed by atoms with Gasteiger partial charge in [0.05, 0.1) is 0 Å². The molecule has 0 aromatic rings. The number of nitrogens with zero attached hydrogens (tertiary/aromatic N) is 2. The van der Waals surface area contributed by atoms with Crippen LogP contribution in [0.2, 0.25) is 0 Å². The van der Waals surface area contributed by atoms with Gasteiger partial charge in [0.25, 0.3) is 0 Å². The number of likely N-dealkylation sites (N-methyl/N-ethyl adjacent to an activating group) is 1. The minimum atomic E-state index is 0.0762. The van der Waals surface area contributed by atoms with Crippen molar-refractivity contribution in [3.8, 4) is 0 Å². The van der Waals surface area contributed by atoms with Gasteiger partial charge in [0.2, 0.25) is 5.91 Å². The number of carbonyl (C=O) groups excluding carboxylic acids is 1. The van der Waals surface area contributed by atoms with Crippen LogP contribution in [0.4, 0.5) is 0 Å². The highest BCUT2D eigenvalue weighted by atomic mass is 16.2. The van der Waals surface area contributed by atoms with Crippen LogP contribution in [-0.2, 0) is 4.79 Å². The van der Waals surface area contributed by atoms with Crippen LogP contribution in [0, 0.1) is 5.92 Å². The number of amides is 1. The lowest BCUT2D eigenvalue weighted by molar-refractivity contribution is -0.131. The molecule has 114 valence electrons. The third-order valence-electron chi connectivity index (χ3n) is 2.75. The van der Waals surface area contributed by atoms with E-state index in [0.29, 0.717) is 12.3 Å². The number of nitrogens with one attached hydrogen (secondary N) is 1. The average Bonchev–Trinajstić information content (AvgIpc) is 2.21. The van der Waals surface area contributed by atoms with Gasteiger partial charge >= 0.3 is 0 Å². The molecule has 1 amide bonds. The molecule has 0 rings (SSSR count). The highest BCUT2D eigenvalue weighted by molar-refractivity contribution is 5.76. The van der Waals surface area contributed by atoms with Crippen LogP contribution < -0.4 is 5.32 Å². The SMILES string of the molecule is CC(C)CN(CCN(C)C)C(=O)CCNC(C)(C)C. The highest BCUT2D eigenvalue weighted by Crippen LogP contribution is 2.03. The number of rotatable bonds is 8. The molecule has 0 unspecified atom stereocenters. The smallest absolute Gasteiger partial charge is 0.223 e. The fraction of sp³-hybridized carbons (Fsp3) is 0.933. The lowest BCUT2D eigenvalue weighted by atomic mass is 10.1. The largest absolute Gasteiger partial charge is 0.341 e. The lowest BCUT2D eigenvalue weighted by Gasteiger charge is -2.27. The molecule has 19 heavy (non-hydrogen) atoms. The summed E-state index contributed by atoms with van der Waals surface area (Å²) in [6, 6.07) is 0. The molecule has 0 saturated carbocycles.